The first-order chi connectivity index (χ1) is 8.54. The van der Waals surface area contributed by atoms with Crippen LogP contribution >= 0.6 is 0 Å². The summed E-state index contributed by atoms with van der Waals surface area (Å²) in [6.07, 6.45) is -0.694. The molecule has 2 N–H and O–H groups in total. The molecule has 0 radical (unpaired) electrons. The summed E-state index contributed by atoms with van der Waals surface area (Å²) in [4.78, 5) is 33.3. The molecule has 18 heavy (non-hydrogen) atoms. The number of methoxy groups -OCH3 is 1. The maximum absolute atomic E-state index is 11.5. The van der Waals surface area contributed by atoms with E-state index in [9.17, 15) is 14.4 Å². The second-order valence-corrected chi connectivity index (χ2v) is 3.50. The molecule has 0 aliphatic heterocycles. The molecule has 0 heterocycles. The summed E-state index contributed by atoms with van der Waals surface area (Å²) in [6, 6.07) is 7.45. The lowest BCUT2D eigenvalue weighted by Crippen LogP contribution is -2.35. The van der Waals surface area contributed by atoms with E-state index in [1.807, 2.05) is 0 Å². The van der Waals surface area contributed by atoms with Gasteiger partial charge in [0.15, 0.2) is 6.04 Å². The fraction of sp³-hybridized carbons (Fsp3) is 0.250. The van der Waals surface area contributed by atoms with Gasteiger partial charge in [-0.3, -0.25) is 9.59 Å². The number of benzene rings is 1. The molecular formula is C12H13NO5. The Labute approximate surface area is 104 Å². The summed E-state index contributed by atoms with van der Waals surface area (Å²) in [5, 5.41) is 10.8. The highest BCUT2D eigenvalue weighted by Gasteiger charge is 2.23. The Balaban J connectivity index is 2.84. The number of carbonyl (C=O) groups is 3. The van der Waals surface area contributed by atoms with Crippen LogP contribution in [0.2, 0.25) is 0 Å². The number of aliphatic carboxylic acids is 1. The van der Waals surface area contributed by atoms with Gasteiger partial charge in [-0.25, -0.2) is 4.79 Å². The van der Waals surface area contributed by atoms with Gasteiger partial charge in [0.05, 0.1) is 7.11 Å². The smallest absolute Gasteiger partial charge is 0.333 e. The van der Waals surface area contributed by atoms with Crippen LogP contribution in [0.3, 0.4) is 0 Å². The van der Waals surface area contributed by atoms with E-state index in [1.54, 1.807) is 30.3 Å². The number of carboxylic acids is 1. The molecule has 0 fully saturated rings. The zero-order valence-electron chi connectivity index (χ0n) is 9.75. The summed E-state index contributed by atoms with van der Waals surface area (Å²) in [5.41, 5.74) is 0.531. The van der Waals surface area contributed by atoms with Gasteiger partial charge in [0.2, 0.25) is 5.91 Å². The van der Waals surface area contributed by atoms with Crippen molar-refractivity contribution < 1.29 is 24.2 Å². The highest BCUT2D eigenvalue weighted by atomic mass is 16.5. The van der Waals surface area contributed by atoms with E-state index in [0.29, 0.717) is 5.56 Å². The quantitative estimate of drug-likeness (QED) is 0.587. The molecule has 0 bridgehead atoms. The molecule has 0 spiro atoms. The van der Waals surface area contributed by atoms with Crippen molar-refractivity contribution in [3.8, 4) is 0 Å². The van der Waals surface area contributed by atoms with Gasteiger partial charge in [-0.1, -0.05) is 30.3 Å². The topological polar surface area (TPSA) is 92.7 Å². The number of rotatable bonds is 5. The van der Waals surface area contributed by atoms with Crippen LogP contribution in [0.25, 0.3) is 0 Å². The minimum Gasteiger partial charge on any atom is -0.481 e. The van der Waals surface area contributed by atoms with E-state index in [1.165, 1.54) is 7.11 Å². The van der Waals surface area contributed by atoms with Gasteiger partial charge in [0, 0.05) is 0 Å². The Morgan fingerprint density at radius 1 is 1.28 bits per heavy atom. The molecule has 0 aliphatic rings. The van der Waals surface area contributed by atoms with Crippen molar-refractivity contribution in [1.82, 2.24) is 5.32 Å². The second kappa shape index (κ2) is 6.39. The number of carboxylic acid groups (broad SMARTS) is 1. The summed E-state index contributed by atoms with van der Waals surface area (Å²) < 4.78 is 4.57. The molecule has 6 heteroatoms. The Morgan fingerprint density at radius 2 is 1.89 bits per heavy atom. The van der Waals surface area contributed by atoms with Crippen molar-refractivity contribution in [2.45, 2.75) is 12.5 Å². The molecule has 1 rings (SSSR count). The maximum atomic E-state index is 11.5. The monoisotopic (exact) mass is 251 g/mol. The van der Waals surface area contributed by atoms with Crippen LogP contribution in [0, 0.1) is 0 Å². The lowest BCUT2D eigenvalue weighted by molar-refractivity contribution is -0.147. The first-order valence-electron chi connectivity index (χ1n) is 5.18. The number of ether oxygens (including phenoxy) is 1. The Hall–Kier alpha value is -2.37. The van der Waals surface area contributed by atoms with Crippen molar-refractivity contribution in [3.63, 3.8) is 0 Å². The van der Waals surface area contributed by atoms with Crippen molar-refractivity contribution >= 4 is 17.8 Å². The predicted molar refractivity (Wildman–Crippen MR) is 61.6 cm³/mol. The number of carbonyl (C=O) groups excluding carboxylic acids is 2. The van der Waals surface area contributed by atoms with E-state index in [4.69, 9.17) is 5.11 Å². The third kappa shape index (κ3) is 3.89. The first-order valence-corrected chi connectivity index (χ1v) is 5.18. The van der Waals surface area contributed by atoms with Gasteiger partial charge in [-0.2, -0.15) is 0 Å². The number of hydrogen-bond donors (Lipinski definition) is 2. The molecule has 1 atom stereocenters. The zero-order valence-corrected chi connectivity index (χ0v) is 9.75. The zero-order chi connectivity index (χ0) is 13.5. The average Bonchev–Trinajstić information content (AvgIpc) is 2.35. The van der Waals surface area contributed by atoms with Crippen LogP contribution < -0.4 is 5.32 Å². The molecule has 0 aliphatic carbocycles. The number of hydrogen-bond acceptors (Lipinski definition) is 4. The molecule has 6 nitrogen and oxygen atoms in total. The second-order valence-electron chi connectivity index (χ2n) is 3.50. The lowest BCUT2D eigenvalue weighted by atomic mass is 10.1. The van der Waals surface area contributed by atoms with Gasteiger partial charge in [-0.05, 0) is 5.56 Å². The third-order valence-corrected chi connectivity index (χ3v) is 2.19. The highest BCUT2D eigenvalue weighted by Crippen LogP contribution is 2.14. The first kappa shape index (κ1) is 13.7. The van der Waals surface area contributed by atoms with Crippen LogP contribution in [0.4, 0.5) is 0 Å². The summed E-state index contributed by atoms with van der Waals surface area (Å²) >= 11 is 0. The molecule has 1 unspecified atom stereocenters. The molecule has 0 aromatic heterocycles. The van der Waals surface area contributed by atoms with E-state index >= 15 is 0 Å². The van der Waals surface area contributed by atoms with Gasteiger partial charge in [0.25, 0.3) is 0 Å². The summed E-state index contributed by atoms with van der Waals surface area (Å²) in [7, 11) is 1.20. The molecule has 1 aromatic carbocycles. The van der Waals surface area contributed by atoms with Crippen molar-refractivity contribution in [1.29, 1.82) is 0 Å². The van der Waals surface area contributed by atoms with E-state index in [2.05, 4.69) is 10.1 Å². The Bertz CT molecular complexity index is 443. The Morgan fingerprint density at radius 3 is 2.39 bits per heavy atom. The standard InChI is InChI=1S/C12H13NO5/c1-18-12(17)11(8-5-3-2-4-6-8)13-9(14)7-10(15)16/h2-6,11H,7H2,1H3,(H,13,14)(H,15,16). The maximum Gasteiger partial charge on any atom is 0.333 e. The van der Waals surface area contributed by atoms with Gasteiger partial charge >= 0.3 is 11.9 Å². The fourth-order valence-corrected chi connectivity index (χ4v) is 1.39. The number of amides is 1. The lowest BCUT2D eigenvalue weighted by Gasteiger charge is -2.16. The van der Waals surface area contributed by atoms with Crippen LogP contribution in [0.15, 0.2) is 30.3 Å². The van der Waals surface area contributed by atoms with E-state index < -0.39 is 30.3 Å². The van der Waals surface area contributed by atoms with E-state index in [0.717, 1.165) is 0 Å². The Kier molecular flexibility index (Phi) is 4.86. The highest BCUT2D eigenvalue weighted by molar-refractivity contribution is 5.95. The van der Waals surface area contributed by atoms with E-state index in [-0.39, 0.29) is 0 Å². The number of esters is 1. The molecule has 0 saturated heterocycles. The van der Waals surface area contributed by atoms with Crippen molar-refractivity contribution in [3.05, 3.63) is 35.9 Å². The van der Waals surface area contributed by atoms with Crippen LogP contribution in [0.5, 0.6) is 0 Å². The average molecular weight is 251 g/mol. The normalized spacial score (nSPS) is 11.4. The van der Waals surface area contributed by atoms with Gasteiger partial charge in [-0.15, -0.1) is 0 Å². The molecule has 1 aromatic rings. The molecule has 1 amide bonds. The molecular weight excluding hydrogens is 238 g/mol. The summed E-state index contributed by atoms with van der Waals surface area (Å²) in [6.45, 7) is 0. The van der Waals surface area contributed by atoms with Crippen molar-refractivity contribution in [2.75, 3.05) is 7.11 Å². The number of nitrogens with one attached hydrogen (secondary N) is 1. The van der Waals surface area contributed by atoms with Gasteiger partial charge in [0.1, 0.15) is 6.42 Å². The molecule has 0 saturated carbocycles. The fourth-order valence-electron chi connectivity index (χ4n) is 1.39. The minimum atomic E-state index is -1.26. The molecule has 96 valence electrons. The largest absolute Gasteiger partial charge is 0.481 e. The van der Waals surface area contributed by atoms with Crippen LogP contribution in [-0.4, -0.2) is 30.1 Å². The SMILES string of the molecule is COC(=O)C(NC(=O)CC(=O)O)c1ccccc1. The summed E-state index contributed by atoms with van der Waals surface area (Å²) in [5.74, 6) is -2.66. The van der Waals surface area contributed by atoms with Crippen LogP contribution in [-0.2, 0) is 19.1 Å². The predicted octanol–water partition coefficient (Wildman–Crippen LogP) is 0.492. The minimum absolute atomic E-state index is 0.531. The van der Waals surface area contributed by atoms with Crippen LogP contribution in [0.1, 0.15) is 18.0 Å². The third-order valence-electron chi connectivity index (χ3n) is 2.19. The van der Waals surface area contributed by atoms with Gasteiger partial charge < -0.3 is 15.2 Å². The van der Waals surface area contributed by atoms with Crippen molar-refractivity contribution in [2.24, 2.45) is 0 Å².